The van der Waals surface area contributed by atoms with Gasteiger partial charge in [0.15, 0.2) is 11.5 Å². The van der Waals surface area contributed by atoms with Crippen LogP contribution < -0.4 is 20.9 Å². The lowest BCUT2D eigenvalue weighted by atomic mass is 9.80. The van der Waals surface area contributed by atoms with Crippen molar-refractivity contribution in [1.29, 1.82) is 0 Å². The molecule has 224 valence electrons. The number of carboxylic acid groups (broad SMARTS) is 1. The molecule has 42 heavy (non-hydrogen) atoms. The van der Waals surface area contributed by atoms with Crippen LogP contribution in [-0.4, -0.2) is 113 Å². The van der Waals surface area contributed by atoms with Crippen LogP contribution >= 0.6 is 0 Å². The summed E-state index contributed by atoms with van der Waals surface area (Å²) in [6.45, 7) is 5.88. The van der Waals surface area contributed by atoms with Crippen LogP contribution in [0.2, 0.25) is 0 Å². The number of piperidine rings is 3. The number of urea groups is 1. The van der Waals surface area contributed by atoms with Gasteiger partial charge in [0.25, 0.3) is 5.91 Å². The number of carbonyl (C=O) groups is 3. The maximum Gasteiger partial charge on any atom is 0.407 e. The number of fused-ring (bicyclic) bond motifs is 1. The van der Waals surface area contributed by atoms with Crippen LogP contribution in [0.1, 0.15) is 36.2 Å². The summed E-state index contributed by atoms with van der Waals surface area (Å²) in [5.41, 5.74) is 7.53. The maximum absolute atomic E-state index is 12.6. The molecule has 1 aromatic heterocycles. The first-order valence-corrected chi connectivity index (χ1v) is 14.8. The lowest BCUT2D eigenvalue weighted by Gasteiger charge is -2.45. The second-order valence-corrected chi connectivity index (χ2v) is 11.9. The van der Waals surface area contributed by atoms with Gasteiger partial charge in [0, 0.05) is 70.8 Å². The van der Waals surface area contributed by atoms with E-state index in [1.165, 1.54) is 4.90 Å². The maximum atomic E-state index is 12.6. The van der Waals surface area contributed by atoms with Gasteiger partial charge in [-0.25, -0.2) is 19.6 Å². The minimum absolute atomic E-state index is 0.0631. The molecule has 1 aromatic carbocycles. The highest BCUT2D eigenvalue weighted by Gasteiger charge is 2.36. The molecular formula is C29H39N9O4. The van der Waals surface area contributed by atoms with Crippen molar-refractivity contribution in [2.24, 2.45) is 17.6 Å². The molecule has 0 bridgehead atoms. The van der Waals surface area contributed by atoms with Gasteiger partial charge in [0.2, 0.25) is 0 Å². The van der Waals surface area contributed by atoms with E-state index in [-0.39, 0.29) is 17.8 Å². The number of nitrogens with two attached hydrogens (primary N) is 1. The normalized spacial score (nSPS) is 24.5. The number of hydrogen-bond donors (Lipinski definition) is 3. The number of hydrogen-bond acceptors (Lipinski definition) is 8. The molecule has 0 aliphatic carbocycles. The number of amides is 4. The summed E-state index contributed by atoms with van der Waals surface area (Å²) in [6.07, 6.45) is 4.60. The molecule has 5 heterocycles. The van der Waals surface area contributed by atoms with Crippen molar-refractivity contribution in [3.05, 3.63) is 36.2 Å². The standard InChI is InChI=1S/C29H39N9O4/c1-34-13-14-38(28(34)40)23-3-2-10-36(18-23)24-15-31-25(26(30)39)27(33-24)32-21-4-6-22(7-5-21)35-11-8-19-9-12-37(29(41)42)17-20(19)16-35/h4-7,15,19-20,23H,2-3,8-14,16-18H2,1H3,(H2,30,39)(H,32,33)(H,41,42)/t19?,20?,23-/m1/s1. The summed E-state index contributed by atoms with van der Waals surface area (Å²) in [5.74, 6) is 1.17. The van der Waals surface area contributed by atoms with E-state index < -0.39 is 12.0 Å². The van der Waals surface area contributed by atoms with E-state index in [2.05, 4.69) is 20.1 Å². The fraction of sp³-hybridized carbons (Fsp3) is 0.552. The van der Waals surface area contributed by atoms with Crippen molar-refractivity contribution in [3.8, 4) is 0 Å². The Morgan fingerprint density at radius 1 is 0.952 bits per heavy atom. The number of nitrogens with zero attached hydrogens (tertiary/aromatic N) is 7. The molecule has 4 aliphatic heterocycles. The Morgan fingerprint density at radius 2 is 1.74 bits per heavy atom. The fourth-order valence-corrected chi connectivity index (χ4v) is 6.89. The van der Waals surface area contributed by atoms with Gasteiger partial charge in [-0.15, -0.1) is 0 Å². The van der Waals surface area contributed by atoms with E-state index in [0.717, 1.165) is 69.8 Å². The molecular weight excluding hydrogens is 538 g/mol. The van der Waals surface area contributed by atoms with Gasteiger partial charge in [0.1, 0.15) is 5.82 Å². The quantitative estimate of drug-likeness (QED) is 0.470. The van der Waals surface area contributed by atoms with Crippen molar-refractivity contribution < 1.29 is 19.5 Å². The van der Waals surface area contributed by atoms with Crippen LogP contribution in [0.15, 0.2) is 30.5 Å². The number of anilines is 4. The molecule has 6 rings (SSSR count). The zero-order valence-corrected chi connectivity index (χ0v) is 24.0. The summed E-state index contributed by atoms with van der Waals surface area (Å²) < 4.78 is 0. The second-order valence-electron chi connectivity index (χ2n) is 11.9. The van der Waals surface area contributed by atoms with E-state index >= 15 is 0 Å². The Balaban J connectivity index is 1.14. The summed E-state index contributed by atoms with van der Waals surface area (Å²) in [7, 11) is 1.83. The Hall–Kier alpha value is -4.29. The van der Waals surface area contributed by atoms with Crippen molar-refractivity contribution in [3.63, 3.8) is 0 Å². The Bertz CT molecular complexity index is 1340. The van der Waals surface area contributed by atoms with Crippen LogP contribution in [0.4, 0.5) is 32.6 Å². The van der Waals surface area contributed by atoms with E-state index in [1.54, 1.807) is 11.1 Å². The number of nitrogens with one attached hydrogen (secondary N) is 1. The highest BCUT2D eigenvalue weighted by Crippen LogP contribution is 2.34. The third kappa shape index (κ3) is 5.59. The first-order valence-electron chi connectivity index (χ1n) is 14.8. The largest absolute Gasteiger partial charge is 0.465 e. The van der Waals surface area contributed by atoms with E-state index in [9.17, 15) is 19.5 Å². The molecule has 4 N–H and O–H groups in total. The Labute approximate surface area is 245 Å². The number of primary amides is 1. The lowest BCUT2D eigenvalue weighted by molar-refractivity contribution is 0.0886. The average Bonchev–Trinajstić information content (AvgIpc) is 3.34. The van der Waals surface area contributed by atoms with Crippen LogP contribution in [0.25, 0.3) is 0 Å². The van der Waals surface area contributed by atoms with E-state index in [1.807, 2.05) is 36.2 Å². The van der Waals surface area contributed by atoms with Gasteiger partial charge in [-0.3, -0.25) is 4.79 Å². The highest BCUT2D eigenvalue weighted by atomic mass is 16.4. The zero-order chi connectivity index (χ0) is 29.4. The first-order chi connectivity index (χ1) is 20.3. The summed E-state index contributed by atoms with van der Waals surface area (Å²) >= 11 is 0. The Morgan fingerprint density at radius 3 is 2.45 bits per heavy atom. The molecule has 13 nitrogen and oxygen atoms in total. The molecule has 4 amide bonds. The van der Waals surface area contributed by atoms with Crippen molar-refractivity contribution in [1.82, 2.24) is 24.7 Å². The lowest BCUT2D eigenvalue weighted by Crippen LogP contribution is -2.51. The van der Waals surface area contributed by atoms with E-state index in [4.69, 9.17) is 10.7 Å². The minimum Gasteiger partial charge on any atom is -0.465 e. The second kappa shape index (κ2) is 11.5. The molecule has 0 saturated carbocycles. The number of rotatable bonds is 6. The van der Waals surface area contributed by atoms with Gasteiger partial charge in [0.05, 0.1) is 12.2 Å². The molecule has 4 saturated heterocycles. The van der Waals surface area contributed by atoms with Gasteiger partial charge in [-0.1, -0.05) is 0 Å². The Kier molecular flexibility index (Phi) is 7.65. The molecule has 3 atom stereocenters. The van der Waals surface area contributed by atoms with Gasteiger partial charge in [-0.2, -0.15) is 0 Å². The predicted molar refractivity (Wildman–Crippen MR) is 158 cm³/mol. The molecule has 2 unspecified atom stereocenters. The summed E-state index contributed by atoms with van der Waals surface area (Å²) in [5, 5.41) is 12.7. The highest BCUT2D eigenvalue weighted by molar-refractivity contribution is 5.96. The molecule has 2 aromatic rings. The third-order valence-electron chi connectivity index (χ3n) is 9.28. The number of likely N-dealkylation sites (N-methyl/N-ethyl adjacent to an activating group) is 1. The number of benzene rings is 1. The fourth-order valence-electron chi connectivity index (χ4n) is 6.89. The number of likely N-dealkylation sites (tertiary alicyclic amines) is 1. The first kappa shape index (κ1) is 27.9. The number of carbonyl (C=O) groups excluding carboxylic acids is 2. The summed E-state index contributed by atoms with van der Waals surface area (Å²) in [6, 6.07) is 8.10. The van der Waals surface area contributed by atoms with Crippen molar-refractivity contribution >= 4 is 41.0 Å². The molecule has 13 heteroatoms. The van der Waals surface area contributed by atoms with Crippen molar-refractivity contribution in [2.75, 3.05) is 74.5 Å². The van der Waals surface area contributed by atoms with Gasteiger partial charge < -0.3 is 40.7 Å². The molecule has 0 spiro atoms. The number of aromatic nitrogens is 2. The van der Waals surface area contributed by atoms with E-state index in [0.29, 0.717) is 43.1 Å². The summed E-state index contributed by atoms with van der Waals surface area (Å²) in [4.78, 5) is 55.0. The van der Waals surface area contributed by atoms with Crippen LogP contribution in [0.5, 0.6) is 0 Å². The van der Waals surface area contributed by atoms with Gasteiger partial charge >= 0.3 is 12.1 Å². The van der Waals surface area contributed by atoms with Crippen LogP contribution in [0, 0.1) is 11.8 Å². The average molecular weight is 578 g/mol. The zero-order valence-electron chi connectivity index (χ0n) is 24.0. The molecule has 0 radical (unpaired) electrons. The topological polar surface area (TPSA) is 151 Å². The predicted octanol–water partition coefficient (Wildman–Crippen LogP) is 2.48. The monoisotopic (exact) mass is 577 g/mol. The van der Waals surface area contributed by atoms with Crippen LogP contribution in [0.3, 0.4) is 0 Å². The van der Waals surface area contributed by atoms with Gasteiger partial charge in [-0.05, 0) is 61.8 Å². The minimum atomic E-state index is -0.835. The smallest absolute Gasteiger partial charge is 0.407 e. The third-order valence-corrected chi connectivity index (χ3v) is 9.28. The SMILES string of the molecule is CN1CCN([C@@H]2CCCN(c3cnc(C(N)=O)c(Nc4ccc(N5CCC6CCN(C(=O)O)CC6C5)cc4)n3)C2)C1=O. The molecule has 4 fully saturated rings. The van der Waals surface area contributed by atoms with Crippen LogP contribution in [-0.2, 0) is 0 Å². The van der Waals surface area contributed by atoms with Crippen molar-refractivity contribution in [2.45, 2.75) is 31.7 Å². The molecule has 4 aliphatic rings.